The van der Waals surface area contributed by atoms with E-state index in [0.29, 0.717) is 19.3 Å². The molecule has 4 heteroatoms. The molecule has 4 nitrogen and oxygen atoms in total. The molecule has 1 rings (SSSR count). The second-order valence-corrected chi connectivity index (χ2v) is 5.32. The van der Waals surface area contributed by atoms with Crippen LogP contribution in [0.2, 0.25) is 0 Å². The molecule has 1 fully saturated rings. The van der Waals surface area contributed by atoms with Gasteiger partial charge in [0.2, 0.25) is 0 Å². The first kappa shape index (κ1) is 16.4. The molecule has 0 spiro atoms. The van der Waals surface area contributed by atoms with Crippen LogP contribution in [0.4, 0.5) is 0 Å². The van der Waals surface area contributed by atoms with Crippen molar-refractivity contribution in [3.05, 3.63) is 0 Å². The Balaban J connectivity index is 1.95. The highest BCUT2D eigenvalue weighted by molar-refractivity contribution is 5.70. The molecule has 0 atom stereocenters. The molecule has 0 aliphatic heterocycles. The fourth-order valence-corrected chi connectivity index (χ4v) is 2.76. The second kappa shape index (κ2) is 10.2. The van der Waals surface area contributed by atoms with Crippen molar-refractivity contribution in [3.8, 4) is 0 Å². The molecular formula is C15H29NO3. The minimum atomic E-state index is -0.275. The Bertz CT molecular complexity index is 238. The van der Waals surface area contributed by atoms with Crippen LogP contribution >= 0.6 is 0 Å². The lowest BCUT2D eigenvalue weighted by Gasteiger charge is -2.29. The fourth-order valence-electron chi connectivity index (χ4n) is 2.76. The van der Waals surface area contributed by atoms with Crippen LogP contribution in [0.1, 0.15) is 52.4 Å². The Kier molecular flexibility index (Phi) is 8.84. The van der Waals surface area contributed by atoms with Gasteiger partial charge in [-0.25, -0.2) is 4.79 Å². The molecule has 0 bridgehead atoms. The number of carbonyl (C=O) groups excluding carboxylic acids is 1. The van der Waals surface area contributed by atoms with E-state index in [1.165, 1.54) is 38.5 Å². The zero-order valence-corrected chi connectivity index (χ0v) is 12.5. The Labute approximate surface area is 117 Å². The monoisotopic (exact) mass is 271 g/mol. The third kappa shape index (κ3) is 7.53. The first-order chi connectivity index (χ1) is 9.26. The molecular weight excluding hydrogens is 242 g/mol. The predicted molar refractivity (Wildman–Crippen MR) is 76.1 cm³/mol. The van der Waals surface area contributed by atoms with Crippen LogP contribution in [0.15, 0.2) is 0 Å². The number of hydrogen-bond acceptors (Lipinski definition) is 4. The topological polar surface area (TPSA) is 47.6 Å². The molecule has 0 aromatic carbocycles. The van der Waals surface area contributed by atoms with Crippen molar-refractivity contribution in [2.75, 3.05) is 26.4 Å². The van der Waals surface area contributed by atoms with E-state index in [9.17, 15) is 4.79 Å². The summed E-state index contributed by atoms with van der Waals surface area (Å²) in [6, 6.07) is 0.638. The normalized spacial score (nSPS) is 23.3. The molecule has 0 unspecified atom stereocenters. The van der Waals surface area contributed by atoms with E-state index in [2.05, 4.69) is 12.2 Å². The summed E-state index contributed by atoms with van der Waals surface area (Å²) < 4.78 is 10.1. The van der Waals surface area contributed by atoms with Crippen LogP contribution in [-0.4, -0.2) is 38.4 Å². The van der Waals surface area contributed by atoms with E-state index >= 15 is 0 Å². The molecule has 1 saturated carbocycles. The van der Waals surface area contributed by atoms with Crippen molar-refractivity contribution < 1.29 is 14.3 Å². The summed E-state index contributed by atoms with van der Waals surface area (Å²) in [5.41, 5.74) is 0. The number of esters is 1. The van der Waals surface area contributed by atoms with Crippen molar-refractivity contribution in [3.63, 3.8) is 0 Å². The standard InChI is InChI=1S/C15H29NO3/c1-3-5-13-6-8-14(9-7-13)16-10-11-18-12-15(17)19-4-2/h13-14,16H,3-12H2,1-2H3. The van der Waals surface area contributed by atoms with Crippen LogP contribution in [0.3, 0.4) is 0 Å². The van der Waals surface area contributed by atoms with E-state index in [4.69, 9.17) is 9.47 Å². The minimum Gasteiger partial charge on any atom is -0.464 e. The molecule has 1 aliphatic rings. The van der Waals surface area contributed by atoms with Crippen LogP contribution in [0.5, 0.6) is 0 Å². The van der Waals surface area contributed by atoms with Crippen molar-refractivity contribution >= 4 is 5.97 Å². The highest BCUT2D eigenvalue weighted by atomic mass is 16.6. The Hall–Kier alpha value is -0.610. The van der Waals surface area contributed by atoms with E-state index in [-0.39, 0.29) is 12.6 Å². The van der Waals surface area contributed by atoms with Crippen LogP contribution in [0, 0.1) is 5.92 Å². The summed E-state index contributed by atoms with van der Waals surface area (Å²) in [7, 11) is 0. The number of rotatable bonds is 9. The van der Waals surface area contributed by atoms with Crippen molar-refractivity contribution in [2.45, 2.75) is 58.4 Å². The predicted octanol–water partition coefficient (Wildman–Crippen LogP) is 2.51. The van der Waals surface area contributed by atoms with E-state index in [1.54, 1.807) is 6.92 Å². The van der Waals surface area contributed by atoms with Gasteiger partial charge in [0.25, 0.3) is 0 Å². The average Bonchev–Trinajstić information content (AvgIpc) is 2.41. The minimum absolute atomic E-state index is 0.0682. The maximum Gasteiger partial charge on any atom is 0.332 e. The summed E-state index contributed by atoms with van der Waals surface area (Å²) in [5.74, 6) is 0.672. The summed E-state index contributed by atoms with van der Waals surface area (Å²) in [4.78, 5) is 11.0. The van der Waals surface area contributed by atoms with Gasteiger partial charge in [-0.15, -0.1) is 0 Å². The lowest BCUT2D eigenvalue weighted by molar-refractivity contribution is -0.148. The van der Waals surface area contributed by atoms with Crippen molar-refractivity contribution in [1.82, 2.24) is 5.32 Å². The van der Waals surface area contributed by atoms with Gasteiger partial charge in [-0.3, -0.25) is 0 Å². The molecule has 0 radical (unpaired) electrons. The van der Waals surface area contributed by atoms with Gasteiger partial charge < -0.3 is 14.8 Å². The molecule has 0 heterocycles. The summed E-state index contributed by atoms with van der Waals surface area (Å²) >= 11 is 0. The van der Waals surface area contributed by atoms with E-state index in [0.717, 1.165) is 12.5 Å². The molecule has 0 amide bonds. The zero-order valence-electron chi connectivity index (χ0n) is 12.5. The Morgan fingerprint density at radius 3 is 2.58 bits per heavy atom. The quantitative estimate of drug-likeness (QED) is 0.517. The van der Waals surface area contributed by atoms with E-state index < -0.39 is 0 Å². The summed E-state index contributed by atoms with van der Waals surface area (Å²) in [5, 5.41) is 3.51. The average molecular weight is 271 g/mol. The van der Waals surface area contributed by atoms with Crippen LogP contribution in [0.25, 0.3) is 0 Å². The zero-order chi connectivity index (χ0) is 13.9. The van der Waals surface area contributed by atoms with Gasteiger partial charge in [-0.2, -0.15) is 0 Å². The molecule has 1 aliphatic carbocycles. The maximum absolute atomic E-state index is 11.0. The second-order valence-electron chi connectivity index (χ2n) is 5.32. The molecule has 0 aromatic heterocycles. The molecule has 19 heavy (non-hydrogen) atoms. The largest absolute Gasteiger partial charge is 0.464 e. The van der Waals surface area contributed by atoms with Gasteiger partial charge in [0.15, 0.2) is 0 Å². The molecule has 0 saturated heterocycles. The summed E-state index contributed by atoms with van der Waals surface area (Å²) in [6.07, 6.45) is 7.97. The van der Waals surface area contributed by atoms with Gasteiger partial charge >= 0.3 is 5.97 Å². The number of ether oxygens (including phenoxy) is 2. The van der Waals surface area contributed by atoms with Crippen LogP contribution in [-0.2, 0) is 14.3 Å². The van der Waals surface area contributed by atoms with Crippen molar-refractivity contribution in [2.24, 2.45) is 5.92 Å². The fraction of sp³-hybridized carbons (Fsp3) is 0.933. The number of carbonyl (C=O) groups is 1. The SMILES string of the molecule is CCCC1CCC(NCCOCC(=O)OCC)CC1. The van der Waals surface area contributed by atoms with E-state index in [1.807, 2.05) is 0 Å². The lowest BCUT2D eigenvalue weighted by atomic mass is 9.83. The van der Waals surface area contributed by atoms with Gasteiger partial charge in [0.05, 0.1) is 13.2 Å². The van der Waals surface area contributed by atoms with Gasteiger partial charge in [-0.05, 0) is 38.5 Å². The third-order valence-corrected chi connectivity index (χ3v) is 3.75. The third-order valence-electron chi connectivity index (χ3n) is 3.75. The highest BCUT2D eigenvalue weighted by Gasteiger charge is 2.19. The number of hydrogen-bond donors (Lipinski definition) is 1. The highest BCUT2D eigenvalue weighted by Crippen LogP contribution is 2.27. The number of nitrogens with one attached hydrogen (secondary N) is 1. The first-order valence-electron chi connectivity index (χ1n) is 7.73. The molecule has 0 aromatic rings. The molecule has 112 valence electrons. The first-order valence-corrected chi connectivity index (χ1v) is 7.73. The van der Waals surface area contributed by atoms with Gasteiger partial charge in [-0.1, -0.05) is 19.8 Å². The Morgan fingerprint density at radius 1 is 1.21 bits per heavy atom. The van der Waals surface area contributed by atoms with Crippen LogP contribution < -0.4 is 5.32 Å². The lowest BCUT2D eigenvalue weighted by Crippen LogP contribution is -2.35. The van der Waals surface area contributed by atoms with Gasteiger partial charge in [0, 0.05) is 12.6 Å². The Morgan fingerprint density at radius 2 is 1.95 bits per heavy atom. The maximum atomic E-state index is 11.0. The summed E-state index contributed by atoms with van der Waals surface area (Å²) in [6.45, 7) is 5.95. The molecule has 1 N–H and O–H groups in total. The van der Waals surface area contributed by atoms with Gasteiger partial charge in [0.1, 0.15) is 6.61 Å². The smallest absolute Gasteiger partial charge is 0.332 e. The van der Waals surface area contributed by atoms with Crippen molar-refractivity contribution in [1.29, 1.82) is 0 Å².